The van der Waals surface area contributed by atoms with Gasteiger partial charge in [-0.15, -0.1) is 0 Å². The second-order valence-corrected chi connectivity index (χ2v) is 6.51. The molecule has 0 aromatic rings. The number of carboxylic acids is 1. The molecule has 0 bridgehead atoms. The van der Waals surface area contributed by atoms with Gasteiger partial charge in [-0.2, -0.15) is 0 Å². The molecule has 2 amide bonds. The van der Waals surface area contributed by atoms with Crippen molar-refractivity contribution in [3.63, 3.8) is 0 Å². The van der Waals surface area contributed by atoms with Crippen molar-refractivity contribution in [3.05, 3.63) is 0 Å². The maximum atomic E-state index is 12.2. The molecular formula is C16H26N2O5. The number of carbonyl (C=O) groups excluding carboxylic acids is 2. The van der Waals surface area contributed by atoms with E-state index in [1.165, 1.54) is 0 Å². The Morgan fingerprint density at radius 1 is 1.09 bits per heavy atom. The van der Waals surface area contributed by atoms with Gasteiger partial charge in [-0.1, -0.05) is 12.8 Å². The van der Waals surface area contributed by atoms with Crippen LogP contribution in [0.5, 0.6) is 0 Å². The van der Waals surface area contributed by atoms with E-state index in [2.05, 4.69) is 10.6 Å². The van der Waals surface area contributed by atoms with Gasteiger partial charge in [0.25, 0.3) is 0 Å². The summed E-state index contributed by atoms with van der Waals surface area (Å²) in [6, 6.07) is -1.72. The monoisotopic (exact) mass is 326 g/mol. The Morgan fingerprint density at radius 3 is 2.35 bits per heavy atom. The summed E-state index contributed by atoms with van der Waals surface area (Å²) < 4.78 is 5.30. The molecular weight excluding hydrogens is 300 g/mol. The molecule has 130 valence electrons. The Bertz CT molecular complexity index is 442. The van der Waals surface area contributed by atoms with Crippen LogP contribution < -0.4 is 10.6 Å². The molecule has 2 aliphatic rings. The number of nitrogens with one attached hydrogen (secondary N) is 2. The predicted octanol–water partition coefficient (Wildman–Crippen LogP) is 0.677. The van der Waals surface area contributed by atoms with Gasteiger partial charge in [0.2, 0.25) is 11.8 Å². The molecule has 0 radical (unpaired) electrons. The number of hydrogen-bond donors (Lipinski definition) is 3. The highest BCUT2D eigenvalue weighted by Gasteiger charge is 2.33. The first-order chi connectivity index (χ1) is 11.0. The quantitative estimate of drug-likeness (QED) is 0.666. The van der Waals surface area contributed by atoms with Gasteiger partial charge in [0.05, 0.1) is 6.61 Å². The summed E-state index contributed by atoms with van der Waals surface area (Å²) in [5, 5.41) is 14.6. The number of amides is 2. The predicted molar refractivity (Wildman–Crippen MR) is 82.7 cm³/mol. The average molecular weight is 326 g/mol. The van der Waals surface area contributed by atoms with E-state index in [1.807, 2.05) is 0 Å². The number of rotatable bonds is 6. The van der Waals surface area contributed by atoms with Gasteiger partial charge in [0.1, 0.15) is 12.1 Å². The van der Waals surface area contributed by atoms with Crippen LogP contribution in [0.15, 0.2) is 0 Å². The minimum atomic E-state index is -1.07. The number of ether oxygens (including phenoxy) is 1. The van der Waals surface area contributed by atoms with Gasteiger partial charge in [-0.25, -0.2) is 4.79 Å². The number of carboxylic acid groups (broad SMARTS) is 1. The second kappa shape index (κ2) is 8.29. The Kier molecular flexibility index (Phi) is 6.38. The lowest BCUT2D eigenvalue weighted by atomic mass is 9.93. The minimum Gasteiger partial charge on any atom is -0.480 e. The van der Waals surface area contributed by atoms with Crippen molar-refractivity contribution in [1.29, 1.82) is 0 Å². The highest BCUT2D eigenvalue weighted by Crippen LogP contribution is 2.24. The Morgan fingerprint density at radius 2 is 1.78 bits per heavy atom. The van der Waals surface area contributed by atoms with Crippen LogP contribution in [-0.2, 0) is 19.1 Å². The maximum absolute atomic E-state index is 12.2. The first-order valence-electron chi connectivity index (χ1n) is 8.40. The Hall–Kier alpha value is -1.63. The molecule has 23 heavy (non-hydrogen) atoms. The Labute approximate surface area is 136 Å². The SMILES string of the molecule is CC(NC(=O)C1CCCC1)C(=O)NC(C(=O)O)C1CCCOC1. The molecule has 3 N–H and O–H groups in total. The molecule has 3 atom stereocenters. The third-order valence-corrected chi connectivity index (χ3v) is 4.71. The van der Waals surface area contributed by atoms with Crippen LogP contribution in [0.25, 0.3) is 0 Å². The first kappa shape index (κ1) is 17.7. The van der Waals surface area contributed by atoms with E-state index in [-0.39, 0.29) is 17.7 Å². The van der Waals surface area contributed by atoms with Crippen LogP contribution in [-0.4, -0.2) is 48.2 Å². The molecule has 3 unspecified atom stereocenters. The number of aliphatic carboxylic acids is 1. The largest absolute Gasteiger partial charge is 0.480 e. The first-order valence-corrected chi connectivity index (χ1v) is 8.40. The van der Waals surface area contributed by atoms with Crippen molar-refractivity contribution in [2.45, 2.75) is 57.5 Å². The summed E-state index contributed by atoms with van der Waals surface area (Å²) in [5.41, 5.74) is 0. The molecule has 0 aromatic carbocycles. The van der Waals surface area contributed by atoms with Gasteiger partial charge in [-0.05, 0) is 32.6 Å². The summed E-state index contributed by atoms with van der Waals surface area (Å²) in [7, 11) is 0. The van der Waals surface area contributed by atoms with Crippen LogP contribution in [0.3, 0.4) is 0 Å². The molecule has 1 aliphatic carbocycles. The standard InChI is InChI=1S/C16H26N2O5/c1-10(17-15(20)11-5-2-3-6-11)14(19)18-13(16(21)22)12-7-4-8-23-9-12/h10-13H,2-9H2,1H3,(H,17,20)(H,18,19)(H,21,22). The summed E-state index contributed by atoms with van der Waals surface area (Å²) in [4.78, 5) is 35.7. The molecule has 7 heteroatoms. The van der Waals surface area contributed by atoms with Crippen molar-refractivity contribution in [2.75, 3.05) is 13.2 Å². The van der Waals surface area contributed by atoms with Gasteiger partial charge in [-0.3, -0.25) is 9.59 Å². The van der Waals surface area contributed by atoms with Gasteiger partial charge in [0, 0.05) is 18.4 Å². The minimum absolute atomic E-state index is 0.0211. The molecule has 2 rings (SSSR count). The van der Waals surface area contributed by atoms with Crippen molar-refractivity contribution in [2.24, 2.45) is 11.8 Å². The number of hydrogen-bond acceptors (Lipinski definition) is 4. The molecule has 1 saturated heterocycles. The van der Waals surface area contributed by atoms with Gasteiger partial charge >= 0.3 is 5.97 Å². The zero-order valence-corrected chi connectivity index (χ0v) is 13.5. The second-order valence-electron chi connectivity index (χ2n) is 6.51. The highest BCUT2D eigenvalue weighted by atomic mass is 16.5. The summed E-state index contributed by atoms with van der Waals surface area (Å²) in [6.07, 6.45) is 5.30. The third kappa shape index (κ3) is 4.92. The van der Waals surface area contributed by atoms with Crippen molar-refractivity contribution < 1.29 is 24.2 Å². The average Bonchev–Trinajstić information content (AvgIpc) is 3.07. The van der Waals surface area contributed by atoms with E-state index >= 15 is 0 Å². The lowest BCUT2D eigenvalue weighted by Crippen LogP contribution is -2.54. The lowest BCUT2D eigenvalue weighted by Gasteiger charge is -2.29. The van der Waals surface area contributed by atoms with Crippen molar-refractivity contribution >= 4 is 17.8 Å². The van der Waals surface area contributed by atoms with Crippen LogP contribution in [0, 0.1) is 11.8 Å². The summed E-state index contributed by atoms with van der Waals surface area (Å²) in [5.74, 6) is -1.90. The smallest absolute Gasteiger partial charge is 0.326 e. The summed E-state index contributed by atoms with van der Waals surface area (Å²) in [6.45, 7) is 2.54. The highest BCUT2D eigenvalue weighted by molar-refractivity contribution is 5.90. The summed E-state index contributed by atoms with van der Waals surface area (Å²) >= 11 is 0. The molecule has 1 saturated carbocycles. The number of carbonyl (C=O) groups is 3. The van der Waals surface area contributed by atoms with Crippen LogP contribution in [0.1, 0.15) is 45.4 Å². The van der Waals surface area contributed by atoms with E-state index in [1.54, 1.807) is 6.92 Å². The van der Waals surface area contributed by atoms with Crippen LogP contribution in [0.2, 0.25) is 0 Å². The van der Waals surface area contributed by atoms with E-state index in [4.69, 9.17) is 4.74 Å². The molecule has 1 aliphatic heterocycles. The van der Waals surface area contributed by atoms with Crippen molar-refractivity contribution in [1.82, 2.24) is 10.6 Å². The van der Waals surface area contributed by atoms with E-state index in [9.17, 15) is 19.5 Å². The fourth-order valence-corrected chi connectivity index (χ4v) is 3.27. The zero-order valence-electron chi connectivity index (χ0n) is 13.5. The molecule has 0 spiro atoms. The molecule has 1 heterocycles. The Balaban J connectivity index is 1.86. The fourth-order valence-electron chi connectivity index (χ4n) is 3.27. The normalized spacial score (nSPS) is 24.7. The fraction of sp³-hybridized carbons (Fsp3) is 0.812. The zero-order chi connectivity index (χ0) is 16.8. The molecule has 0 aromatic heterocycles. The van der Waals surface area contributed by atoms with Crippen LogP contribution >= 0.6 is 0 Å². The van der Waals surface area contributed by atoms with E-state index in [0.29, 0.717) is 19.6 Å². The van der Waals surface area contributed by atoms with Gasteiger partial charge < -0.3 is 20.5 Å². The third-order valence-electron chi connectivity index (χ3n) is 4.71. The molecule has 7 nitrogen and oxygen atoms in total. The maximum Gasteiger partial charge on any atom is 0.326 e. The van der Waals surface area contributed by atoms with Crippen molar-refractivity contribution in [3.8, 4) is 0 Å². The van der Waals surface area contributed by atoms with Gasteiger partial charge in [0.15, 0.2) is 0 Å². The van der Waals surface area contributed by atoms with E-state index < -0.39 is 24.0 Å². The molecule has 2 fully saturated rings. The lowest BCUT2D eigenvalue weighted by molar-refractivity contribution is -0.145. The van der Waals surface area contributed by atoms with Crippen LogP contribution in [0.4, 0.5) is 0 Å². The van der Waals surface area contributed by atoms with E-state index in [0.717, 1.165) is 32.1 Å². The topological polar surface area (TPSA) is 105 Å².